The Kier molecular flexibility index (Phi) is 5.92. The Morgan fingerprint density at radius 2 is 1.75 bits per heavy atom. The van der Waals surface area contributed by atoms with Crippen LogP contribution < -0.4 is 5.32 Å². The minimum atomic E-state index is 0.564. The van der Waals surface area contributed by atoms with E-state index >= 15 is 0 Å². The summed E-state index contributed by atoms with van der Waals surface area (Å²) < 4.78 is 0. The minimum absolute atomic E-state index is 0.564. The van der Waals surface area contributed by atoms with Crippen molar-refractivity contribution in [2.24, 2.45) is 17.3 Å². The van der Waals surface area contributed by atoms with Gasteiger partial charge in [-0.3, -0.25) is 0 Å². The second-order valence-electron chi connectivity index (χ2n) is 8.20. The molecule has 2 aliphatic carbocycles. The summed E-state index contributed by atoms with van der Waals surface area (Å²) in [6.07, 6.45) is 8.71. The van der Waals surface area contributed by atoms with Crippen LogP contribution >= 0.6 is 0 Å². The molecule has 118 valence electrons. The number of hydrogen-bond donors (Lipinski definition) is 1. The van der Waals surface area contributed by atoms with E-state index in [9.17, 15) is 0 Å². The van der Waals surface area contributed by atoms with Gasteiger partial charge in [-0.25, -0.2) is 0 Å². The van der Waals surface area contributed by atoms with Gasteiger partial charge in [-0.05, 0) is 63.3 Å². The molecule has 2 nitrogen and oxygen atoms in total. The van der Waals surface area contributed by atoms with E-state index in [1.165, 1.54) is 64.7 Å². The van der Waals surface area contributed by atoms with Gasteiger partial charge in [0.15, 0.2) is 0 Å². The fourth-order valence-electron chi connectivity index (χ4n) is 3.66. The summed E-state index contributed by atoms with van der Waals surface area (Å²) in [5, 5.41) is 3.75. The molecule has 2 heteroatoms. The molecule has 0 aliphatic heterocycles. The summed E-state index contributed by atoms with van der Waals surface area (Å²) >= 11 is 0. The third kappa shape index (κ3) is 5.04. The van der Waals surface area contributed by atoms with Crippen LogP contribution in [0.1, 0.15) is 66.2 Å². The predicted octanol–water partition coefficient (Wildman–Crippen LogP) is 3.91. The van der Waals surface area contributed by atoms with Crippen molar-refractivity contribution in [2.75, 3.05) is 26.2 Å². The van der Waals surface area contributed by atoms with E-state index in [2.05, 4.69) is 37.9 Å². The zero-order valence-corrected chi connectivity index (χ0v) is 14.3. The lowest BCUT2D eigenvalue weighted by Crippen LogP contribution is -2.46. The first-order valence-corrected chi connectivity index (χ1v) is 8.95. The molecule has 0 aromatic rings. The number of nitrogens with one attached hydrogen (secondary N) is 1. The van der Waals surface area contributed by atoms with Crippen LogP contribution in [0.3, 0.4) is 0 Å². The maximum atomic E-state index is 3.75. The summed E-state index contributed by atoms with van der Waals surface area (Å²) in [5.74, 6) is 1.78. The molecule has 0 atom stereocenters. The maximum absolute atomic E-state index is 3.75. The van der Waals surface area contributed by atoms with E-state index < -0.39 is 0 Å². The lowest BCUT2D eigenvalue weighted by Gasteiger charge is -2.38. The lowest BCUT2D eigenvalue weighted by molar-refractivity contribution is 0.116. The molecule has 0 heterocycles. The molecule has 0 amide bonds. The topological polar surface area (TPSA) is 15.3 Å². The summed E-state index contributed by atoms with van der Waals surface area (Å²) in [7, 11) is 0. The highest BCUT2D eigenvalue weighted by Crippen LogP contribution is 2.40. The van der Waals surface area contributed by atoms with E-state index in [0.717, 1.165) is 11.8 Å². The normalized spacial score (nSPS) is 22.4. The average molecular weight is 280 g/mol. The van der Waals surface area contributed by atoms with E-state index in [0.29, 0.717) is 11.5 Å². The highest BCUT2D eigenvalue weighted by Gasteiger charge is 2.37. The summed E-state index contributed by atoms with van der Waals surface area (Å²) in [5.41, 5.74) is 0.564. The smallest absolute Gasteiger partial charge is 0.00530 e. The Hall–Kier alpha value is -0.0800. The molecular weight excluding hydrogens is 244 g/mol. The molecule has 0 unspecified atom stereocenters. The Labute approximate surface area is 126 Å². The molecule has 0 aromatic heterocycles. The Bertz CT molecular complexity index is 275. The number of nitrogens with zero attached hydrogens (tertiary/aromatic N) is 1. The zero-order chi connectivity index (χ0) is 14.6. The molecule has 2 fully saturated rings. The fourth-order valence-corrected chi connectivity index (χ4v) is 3.66. The zero-order valence-electron chi connectivity index (χ0n) is 14.3. The van der Waals surface area contributed by atoms with E-state index in [4.69, 9.17) is 0 Å². The number of hydrogen-bond acceptors (Lipinski definition) is 2. The Morgan fingerprint density at radius 1 is 1.10 bits per heavy atom. The van der Waals surface area contributed by atoms with Gasteiger partial charge >= 0.3 is 0 Å². The molecule has 2 aliphatic rings. The first-order valence-electron chi connectivity index (χ1n) is 8.95. The third-order valence-corrected chi connectivity index (χ3v) is 5.18. The summed E-state index contributed by atoms with van der Waals surface area (Å²) in [4.78, 5) is 2.78. The van der Waals surface area contributed by atoms with Crippen LogP contribution in [0, 0.1) is 17.3 Å². The molecular formula is C18H36N2. The van der Waals surface area contributed by atoms with Crippen molar-refractivity contribution in [1.29, 1.82) is 0 Å². The van der Waals surface area contributed by atoms with Crippen LogP contribution in [0.4, 0.5) is 0 Å². The van der Waals surface area contributed by atoms with E-state index in [-0.39, 0.29) is 0 Å². The van der Waals surface area contributed by atoms with Crippen molar-refractivity contribution in [3.8, 4) is 0 Å². The molecule has 0 saturated heterocycles. The van der Waals surface area contributed by atoms with Crippen molar-refractivity contribution in [3.63, 3.8) is 0 Å². The van der Waals surface area contributed by atoms with Gasteiger partial charge in [0.05, 0.1) is 0 Å². The molecule has 2 rings (SSSR count). The fraction of sp³-hybridized carbons (Fsp3) is 1.00. The monoisotopic (exact) mass is 280 g/mol. The Morgan fingerprint density at radius 3 is 2.25 bits per heavy atom. The van der Waals surface area contributed by atoms with Gasteiger partial charge in [-0.2, -0.15) is 0 Å². The minimum Gasteiger partial charge on any atom is -0.316 e. The van der Waals surface area contributed by atoms with Crippen LogP contribution in [0.15, 0.2) is 0 Å². The summed E-state index contributed by atoms with van der Waals surface area (Å²) in [6, 6.07) is 0.707. The van der Waals surface area contributed by atoms with Crippen LogP contribution in [0.25, 0.3) is 0 Å². The second-order valence-corrected chi connectivity index (χ2v) is 8.20. The van der Waals surface area contributed by atoms with Crippen molar-refractivity contribution in [2.45, 2.75) is 72.3 Å². The Balaban J connectivity index is 1.88. The van der Waals surface area contributed by atoms with E-state index in [1.54, 1.807) is 0 Å². The van der Waals surface area contributed by atoms with Gasteiger partial charge in [-0.15, -0.1) is 0 Å². The predicted molar refractivity (Wildman–Crippen MR) is 88.0 cm³/mol. The van der Waals surface area contributed by atoms with Crippen LogP contribution in [-0.2, 0) is 0 Å². The molecule has 1 N–H and O–H groups in total. The first kappa shape index (κ1) is 16.3. The standard InChI is InChI=1S/C18H36N2/c1-15(2)11-19-13-18(9-5-6-10-18)14-20(16(3)4)12-17-7-8-17/h15-17,19H,5-14H2,1-4H3. The van der Waals surface area contributed by atoms with Crippen molar-refractivity contribution >= 4 is 0 Å². The van der Waals surface area contributed by atoms with Crippen molar-refractivity contribution in [3.05, 3.63) is 0 Å². The van der Waals surface area contributed by atoms with Gasteiger partial charge in [0.2, 0.25) is 0 Å². The van der Waals surface area contributed by atoms with E-state index in [1.807, 2.05) is 0 Å². The highest BCUT2D eigenvalue weighted by atomic mass is 15.2. The third-order valence-electron chi connectivity index (χ3n) is 5.18. The second kappa shape index (κ2) is 7.26. The first-order chi connectivity index (χ1) is 9.51. The van der Waals surface area contributed by atoms with Crippen LogP contribution in [-0.4, -0.2) is 37.1 Å². The van der Waals surface area contributed by atoms with Crippen molar-refractivity contribution in [1.82, 2.24) is 10.2 Å². The van der Waals surface area contributed by atoms with Gasteiger partial charge in [0, 0.05) is 25.7 Å². The average Bonchev–Trinajstić information content (AvgIpc) is 3.07. The van der Waals surface area contributed by atoms with Gasteiger partial charge < -0.3 is 10.2 Å². The molecule has 0 radical (unpaired) electrons. The van der Waals surface area contributed by atoms with Gasteiger partial charge in [-0.1, -0.05) is 26.7 Å². The molecule has 0 spiro atoms. The largest absolute Gasteiger partial charge is 0.316 e. The van der Waals surface area contributed by atoms with Crippen LogP contribution in [0.5, 0.6) is 0 Å². The van der Waals surface area contributed by atoms with Crippen LogP contribution in [0.2, 0.25) is 0 Å². The molecule has 2 saturated carbocycles. The molecule has 20 heavy (non-hydrogen) atoms. The molecule has 0 bridgehead atoms. The lowest BCUT2D eigenvalue weighted by atomic mass is 9.84. The quantitative estimate of drug-likeness (QED) is 0.689. The SMILES string of the molecule is CC(C)CNCC1(CN(CC2CC2)C(C)C)CCCC1. The van der Waals surface area contributed by atoms with Gasteiger partial charge in [0.25, 0.3) is 0 Å². The number of rotatable bonds is 9. The van der Waals surface area contributed by atoms with Crippen molar-refractivity contribution < 1.29 is 0 Å². The highest BCUT2D eigenvalue weighted by molar-refractivity contribution is 4.91. The molecule has 0 aromatic carbocycles. The van der Waals surface area contributed by atoms with Gasteiger partial charge in [0.1, 0.15) is 0 Å². The maximum Gasteiger partial charge on any atom is 0.00530 e. The summed E-state index contributed by atoms with van der Waals surface area (Å²) in [6.45, 7) is 14.5.